The summed E-state index contributed by atoms with van der Waals surface area (Å²) in [5, 5.41) is 6.60. The van der Waals surface area contributed by atoms with E-state index in [4.69, 9.17) is 0 Å². The fraction of sp³-hybridized carbons (Fsp3) is 0.667. The van der Waals surface area contributed by atoms with Crippen molar-refractivity contribution in [3.05, 3.63) is 23.9 Å². The van der Waals surface area contributed by atoms with Crippen molar-refractivity contribution >= 4 is 5.96 Å². The van der Waals surface area contributed by atoms with E-state index in [2.05, 4.69) is 37.2 Å². The van der Waals surface area contributed by atoms with E-state index in [0.717, 1.165) is 38.0 Å². The van der Waals surface area contributed by atoms with E-state index in [1.165, 1.54) is 18.7 Å². The molecule has 0 atom stereocenters. The van der Waals surface area contributed by atoms with E-state index < -0.39 is 12.8 Å². The van der Waals surface area contributed by atoms with E-state index >= 15 is 0 Å². The number of nitrogens with one attached hydrogen (secondary N) is 2. The van der Waals surface area contributed by atoms with Gasteiger partial charge in [0.2, 0.25) is 5.88 Å². The molecular formula is C18H28F3N5O. The highest BCUT2D eigenvalue weighted by atomic mass is 19.4. The first-order valence-electron chi connectivity index (χ1n) is 9.23. The smallest absolute Gasteiger partial charge is 0.422 e. The van der Waals surface area contributed by atoms with Gasteiger partial charge in [0.05, 0.1) is 0 Å². The number of rotatable bonds is 7. The second-order valence-corrected chi connectivity index (χ2v) is 6.59. The van der Waals surface area contributed by atoms with Gasteiger partial charge in [-0.25, -0.2) is 4.98 Å². The van der Waals surface area contributed by atoms with Gasteiger partial charge in [-0.05, 0) is 37.4 Å². The van der Waals surface area contributed by atoms with Crippen LogP contribution in [0.2, 0.25) is 0 Å². The van der Waals surface area contributed by atoms with Gasteiger partial charge in [-0.3, -0.25) is 4.99 Å². The molecule has 0 unspecified atom stereocenters. The summed E-state index contributed by atoms with van der Waals surface area (Å²) in [7, 11) is 1.70. The van der Waals surface area contributed by atoms with Crippen LogP contribution in [0.5, 0.6) is 5.88 Å². The molecule has 0 saturated carbocycles. The largest absolute Gasteiger partial charge is 0.468 e. The molecule has 9 heteroatoms. The molecule has 0 radical (unpaired) electrons. The molecule has 152 valence electrons. The van der Waals surface area contributed by atoms with Crippen LogP contribution in [-0.4, -0.2) is 61.4 Å². The number of guanidine groups is 1. The Balaban J connectivity index is 1.79. The van der Waals surface area contributed by atoms with Crippen LogP contribution >= 0.6 is 0 Å². The van der Waals surface area contributed by atoms with E-state index in [1.54, 1.807) is 13.1 Å². The number of halogens is 3. The van der Waals surface area contributed by atoms with Crippen molar-refractivity contribution < 1.29 is 17.9 Å². The highest BCUT2D eigenvalue weighted by molar-refractivity contribution is 5.79. The van der Waals surface area contributed by atoms with Crippen LogP contribution in [-0.2, 0) is 6.54 Å². The van der Waals surface area contributed by atoms with Crippen molar-refractivity contribution in [2.24, 2.45) is 4.99 Å². The summed E-state index contributed by atoms with van der Waals surface area (Å²) in [6, 6.07) is 3.59. The number of nitrogens with zero attached hydrogens (tertiary/aromatic N) is 3. The lowest BCUT2D eigenvalue weighted by molar-refractivity contribution is -0.154. The summed E-state index contributed by atoms with van der Waals surface area (Å²) in [6.45, 7) is 4.55. The number of aromatic nitrogens is 1. The molecule has 0 aliphatic carbocycles. The Bertz CT molecular complexity index is 601. The van der Waals surface area contributed by atoms with Crippen molar-refractivity contribution in [2.75, 3.05) is 33.3 Å². The van der Waals surface area contributed by atoms with E-state index in [1.807, 2.05) is 0 Å². The SMILES string of the molecule is CCCN1CCC(NC(=NC)NCc2ccnc(OCC(F)(F)F)c2)CC1. The molecule has 1 aliphatic rings. The van der Waals surface area contributed by atoms with Crippen LogP contribution in [0.1, 0.15) is 31.7 Å². The Morgan fingerprint density at radius 2 is 2.11 bits per heavy atom. The standard InChI is InChI=1S/C18H28F3N5O/c1-3-8-26-9-5-15(6-10-26)25-17(22-2)24-12-14-4-7-23-16(11-14)27-13-18(19,20)21/h4,7,11,15H,3,5-6,8-10,12-13H2,1-2H3,(H2,22,24,25). The number of ether oxygens (including phenoxy) is 1. The van der Waals surface area contributed by atoms with Gasteiger partial charge < -0.3 is 20.3 Å². The molecule has 1 fully saturated rings. The lowest BCUT2D eigenvalue weighted by Crippen LogP contribution is -2.48. The average molecular weight is 387 g/mol. The van der Waals surface area contributed by atoms with Gasteiger partial charge in [-0.2, -0.15) is 13.2 Å². The van der Waals surface area contributed by atoms with Gasteiger partial charge in [0.25, 0.3) is 0 Å². The van der Waals surface area contributed by atoms with Crippen LogP contribution in [0.15, 0.2) is 23.3 Å². The van der Waals surface area contributed by atoms with Gasteiger partial charge in [-0.1, -0.05) is 6.92 Å². The van der Waals surface area contributed by atoms with Gasteiger partial charge in [0, 0.05) is 45.0 Å². The summed E-state index contributed by atoms with van der Waals surface area (Å²) < 4.78 is 41.4. The van der Waals surface area contributed by atoms with Crippen molar-refractivity contribution in [3.63, 3.8) is 0 Å². The van der Waals surface area contributed by atoms with Gasteiger partial charge in [0.15, 0.2) is 12.6 Å². The minimum Gasteiger partial charge on any atom is -0.468 e. The Labute approximate surface area is 158 Å². The zero-order valence-corrected chi connectivity index (χ0v) is 15.9. The molecule has 27 heavy (non-hydrogen) atoms. The first-order valence-corrected chi connectivity index (χ1v) is 9.23. The number of alkyl halides is 3. The molecule has 2 rings (SSSR count). The molecule has 0 spiro atoms. The van der Waals surface area contributed by atoms with Crippen LogP contribution in [0.25, 0.3) is 0 Å². The highest BCUT2D eigenvalue weighted by Crippen LogP contribution is 2.17. The molecule has 0 aromatic carbocycles. The van der Waals surface area contributed by atoms with Crippen molar-refractivity contribution in [2.45, 2.75) is 44.9 Å². The van der Waals surface area contributed by atoms with E-state index in [0.29, 0.717) is 18.5 Å². The third kappa shape index (κ3) is 8.03. The Morgan fingerprint density at radius 3 is 2.74 bits per heavy atom. The minimum atomic E-state index is -4.38. The van der Waals surface area contributed by atoms with Crippen molar-refractivity contribution in [1.29, 1.82) is 0 Å². The number of aliphatic imine (C=N–C) groups is 1. The summed E-state index contributed by atoms with van der Waals surface area (Å²) in [4.78, 5) is 10.5. The average Bonchev–Trinajstić information content (AvgIpc) is 2.65. The van der Waals surface area contributed by atoms with E-state index in [-0.39, 0.29) is 5.88 Å². The normalized spacial score (nSPS) is 17.0. The zero-order valence-electron chi connectivity index (χ0n) is 15.9. The predicted molar refractivity (Wildman–Crippen MR) is 98.9 cm³/mol. The molecule has 1 saturated heterocycles. The summed E-state index contributed by atoms with van der Waals surface area (Å²) in [5.74, 6) is 0.636. The topological polar surface area (TPSA) is 61.8 Å². The Kier molecular flexibility index (Phi) is 8.15. The number of hydrogen-bond donors (Lipinski definition) is 2. The number of pyridine rings is 1. The maximum Gasteiger partial charge on any atom is 0.422 e. The molecule has 0 amide bonds. The van der Waals surface area contributed by atoms with Gasteiger partial charge >= 0.3 is 6.18 Å². The third-order valence-electron chi connectivity index (χ3n) is 4.33. The second-order valence-electron chi connectivity index (χ2n) is 6.59. The zero-order chi connectivity index (χ0) is 19.7. The third-order valence-corrected chi connectivity index (χ3v) is 4.33. The molecule has 0 bridgehead atoms. The lowest BCUT2D eigenvalue weighted by Gasteiger charge is -2.32. The van der Waals surface area contributed by atoms with Gasteiger partial charge in [0.1, 0.15) is 0 Å². The van der Waals surface area contributed by atoms with E-state index in [9.17, 15) is 13.2 Å². The monoisotopic (exact) mass is 387 g/mol. The Hall–Kier alpha value is -2.03. The molecule has 1 aromatic rings. The summed E-state index contributed by atoms with van der Waals surface area (Å²) in [6.07, 6.45) is 0.343. The molecule has 1 aromatic heterocycles. The molecule has 6 nitrogen and oxygen atoms in total. The minimum absolute atomic E-state index is 0.0436. The molecule has 2 heterocycles. The molecular weight excluding hydrogens is 359 g/mol. The van der Waals surface area contributed by atoms with Gasteiger partial charge in [-0.15, -0.1) is 0 Å². The van der Waals surface area contributed by atoms with Crippen LogP contribution in [0.4, 0.5) is 13.2 Å². The maximum atomic E-state index is 12.2. The summed E-state index contributed by atoms with van der Waals surface area (Å²) >= 11 is 0. The number of likely N-dealkylation sites (tertiary alicyclic amines) is 1. The van der Waals surface area contributed by atoms with Crippen LogP contribution in [0.3, 0.4) is 0 Å². The fourth-order valence-electron chi connectivity index (χ4n) is 2.99. The van der Waals surface area contributed by atoms with Crippen molar-refractivity contribution in [1.82, 2.24) is 20.5 Å². The fourth-order valence-corrected chi connectivity index (χ4v) is 2.99. The number of piperidine rings is 1. The Morgan fingerprint density at radius 1 is 1.37 bits per heavy atom. The maximum absolute atomic E-state index is 12.2. The second kappa shape index (κ2) is 10.3. The summed E-state index contributed by atoms with van der Waals surface area (Å²) in [5.41, 5.74) is 0.767. The van der Waals surface area contributed by atoms with Crippen LogP contribution in [0, 0.1) is 0 Å². The highest BCUT2D eigenvalue weighted by Gasteiger charge is 2.28. The van der Waals surface area contributed by atoms with Crippen molar-refractivity contribution in [3.8, 4) is 5.88 Å². The first kappa shape index (κ1) is 21.3. The first-order chi connectivity index (χ1) is 12.9. The lowest BCUT2D eigenvalue weighted by atomic mass is 10.1. The molecule has 2 N–H and O–H groups in total. The molecule has 1 aliphatic heterocycles. The number of hydrogen-bond acceptors (Lipinski definition) is 4. The van der Waals surface area contributed by atoms with Crippen LogP contribution < -0.4 is 15.4 Å². The predicted octanol–water partition coefficient (Wildman–Crippen LogP) is 2.56. The quantitative estimate of drug-likeness (QED) is 0.556.